The van der Waals surface area contributed by atoms with E-state index in [9.17, 15) is 4.39 Å². The SMILES string of the molecule is C=C(F)/C=C\C(CC)=C(C)C. The Balaban J connectivity index is 4.33. The van der Waals surface area contributed by atoms with Gasteiger partial charge in [-0.1, -0.05) is 25.2 Å². The van der Waals surface area contributed by atoms with Gasteiger partial charge in [0.1, 0.15) is 5.83 Å². The Bertz CT molecular complexity index is 193. The predicted molar refractivity (Wildman–Crippen MR) is 48.1 cm³/mol. The molecule has 0 aromatic heterocycles. The van der Waals surface area contributed by atoms with E-state index in [-0.39, 0.29) is 0 Å². The molecule has 0 aliphatic carbocycles. The molecular formula is C10H15F. The van der Waals surface area contributed by atoms with Crippen LogP contribution in [0, 0.1) is 0 Å². The van der Waals surface area contributed by atoms with Gasteiger partial charge in [0.2, 0.25) is 0 Å². The maximum atomic E-state index is 12.2. The number of rotatable bonds is 3. The normalized spacial score (nSPS) is 10.2. The highest BCUT2D eigenvalue weighted by Crippen LogP contribution is 2.10. The van der Waals surface area contributed by atoms with Gasteiger partial charge >= 0.3 is 0 Å². The fraction of sp³-hybridized carbons (Fsp3) is 0.400. The lowest BCUT2D eigenvalue weighted by Crippen LogP contribution is -1.78. The first-order valence-corrected chi connectivity index (χ1v) is 3.76. The highest BCUT2D eigenvalue weighted by molar-refractivity contribution is 5.26. The molecule has 0 aliphatic rings. The van der Waals surface area contributed by atoms with Crippen molar-refractivity contribution in [2.75, 3.05) is 0 Å². The van der Waals surface area contributed by atoms with Crippen LogP contribution in [0.15, 0.2) is 35.7 Å². The minimum atomic E-state index is -0.391. The molecule has 0 saturated heterocycles. The third-order valence-electron chi connectivity index (χ3n) is 1.49. The summed E-state index contributed by atoms with van der Waals surface area (Å²) in [4.78, 5) is 0. The van der Waals surface area contributed by atoms with Crippen LogP contribution in [0.5, 0.6) is 0 Å². The molecule has 0 nitrogen and oxygen atoms in total. The number of hydrogen-bond donors (Lipinski definition) is 0. The first kappa shape index (κ1) is 10.2. The van der Waals surface area contributed by atoms with Gasteiger partial charge in [-0.2, -0.15) is 0 Å². The Labute approximate surface area is 68.1 Å². The average Bonchev–Trinajstić information content (AvgIpc) is 1.87. The second-order valence-electron chi connectivity index (χ2n) is 2.66. The number of halogens is 1. The summed E-state index contributed by atoms with van der Waals surface area (Å²) < 4.78 is 12.2. The van der Waals surface area contributed by atoms with E-state index in [0.717, 1.165) is 6.42 Å². The molecule has 0 rings (SSSR count). The average molecular weight is 154 g/mol. The monoisotopic (exact) mass is 154 g/mol. The van der Waals surface area contributed by atoms with Crippen molar-refractivity contribution in [3.05, 3.63) is 35.7 Å². The second kappa shape index (κ2) is 4.89. The molecule has 11 heavy (non-hydrogen) atoms. The fourth-order valence-electron chi connectivity index (χ4n) is 0.829. The van der Waals surface area contributed by atoms with Crippen molar-refractivity contribution in [1.29, 1.82) is 0 Å². The summed E-state index contributed by atoms with van der Waals surface area (Å²) in [5.74, 6) is -0.391. The summed E-state index contributed by atoms with van der Waals surface area (Å²) >= 11 is 0. The van der Waals surface area contributed by atoms with E-state index in [1.807, 2.05) is 20.8 Å². The number of hydrogen-bond acceptors (Lipinski definition) is 0. The molecule has 0 N–H and O–H groups in total. The standard InChI is InChI=1S/C10H15F/c1-5-10(8(2)3)7-6-9(4)11/h6-7H,4-5H2,1-3H3/b7-6-. The van der Waals surface area contributed by atoms with Gasteiger partial charge in [0, 0.05) is 0 Å². The van der Waals surface area contributed by atoms with Gasteiger partial charge in [-0.15, -0.1) is 0 Å². The van der Waals surface area contributed by atoms with E-state index in [1.54, 1.807) is 6.08 Å². The van der Waals surface area contributed by atoms with Crippen LogP contribution in [-0.4, -0.2) is 0 Å². The Hall–Kier alpha value is -0.850. The summed E-state index contributed by atoms with van der Waals surface area (Å²) in [7, 11) is 0. The van der Waals surface area contributed by atoms with E-state index < -0.39 is 5.83 Å². The predicted octanol–water partition coefficient (Wildman–Crippen LogP) is 3.77. The van der Waals surface area contributed by atoms with E-state index >= 15 is 0 Å². The quantitative estimate of drug-likeness (QED) is 0.543. The molecule has 0 radical (unpaired) electrons. The molecule has 0 saturated carbocycles. The maximum absolute atomic E-state index is 12.2. The Morgan fingerprint density at radius 1 is 1.36 bits per heavy atom. The number of allylic oxidation sites excluding steroid dienone is 5. The van der Waals surface area contributed by atoms with E-state index in [0.29, 0.717) is 0 Å². The lowest BCUT2D eigenvalue weighted by molar-refractivity contribution is 0.671. The molecular weight excluding hydrogens is 139 g/mol. The molecule has 62 valence electrons. The highest BCUT2D eigenvalue weighted by Gasteiger charge is 1.90. The molecule has 0 amide bonds. The molecule has 0 atom stereocenters. The second-order valence-corrected chi connectivity index (χ2v) is 2.66. The van der Waals surface area contributed by atoms with Crippen molar-refractivity contribution in [3.8, 4) is 0 Å². The summed E-state index contributed by atoms with van der Waals surface area (Å²) in [6, 6.07) is 0. The highest BCUT2D eigenvalue weighted by atomic mass is 19.1. The van der Waals surface area contributed by atoms with E-state index in [2.05, 4.69) is 6.58 Å². The van der Waals surface area contributed by atoms with Crippen molar-refractivity contribution in [2.24, 2.45) is 0 Å². The zero-order valence-corrected chi connectivity index (χ0v) is 7.45. The van der Waals surface area contributed by atoms with Crippen LogP contribution in [0.1, 0.15) is 27.2 Å². The third-order valence-corrected chi connectivity index (χ3v) is 1.49. The molecule has 1 heteroatoms. The Morgan fingerprint density at radius 2 is 1.91 bits per heavy atom. The molecule has 0 bridgehead atoms. The minimum absolute atomic E-state index is 0.391. The summed E-state index contributed by atoms with van der Waals surface area (Å²) in [6.07, 6.45) is 4.11. The summed E-state index contributed by atoms with van der Waals surface area (Å²) in [5.41, 5.74) is 2.40. The van der Waals surface area contributed by atoms with E-state index in [1.165, 1.54) is 17.2 Å². The van der Waals surface area contributed by atoms with Gasteiger partial charge in [0.15, 0.2) is 0 Å². The smallest absolute Gasteiger partial charge is 0.116 e. The van der Waals surface area contributed by atoms with Crippen LogP contribution < -0.4 is 0 Å². The molecule has 0 fully saturated rings. The zero-order chi connectivity index (χ0) is 8.85. The molecule has 0 aromatic rings. The van der Waals surface area contributed by atoms with Gasteiger partial charge < -0.3 is 0 Å². The van der Waals surface area contributed by atoms with E-state index in [4.69, 9.17) is 0 Å². The maximum Gasteiger partial charge on any atom is 0.116 e. The van der Waals surface area contributed by atoms with Crippen molar-refractivity contribution in [2.45, 2.75) is 27.2 Å². The van der Waals surface area contributed by atoms with Gasteiger partial charge in [-0.3, -0.25) is 0 Å². The van der Waals surface area contributed by atoms with Crippen molar-refractivity contribution >= 4 is 0 Å². The largest absolute Gasteiger partial charge is 0.208 e. The molecule has 0 spiro atoms. The van der Waals surface area contributed by atoms with Crippen LogP contribution >= 0.6 is 0 Å². The van der Waals surface area contributed by atoms with Gasteiger partial charge in [-0.25, -0.2) is 4.39 Å². The Morgan fingerprint density at radius 3 is 2.18 bits per heavy atom. The van der Waals surface area contributed by atoms with Gasteiger partial charge in [-0.05, 0) is 31.9 Å². The summed E-state index contributed by atoms with van der Waals surface area (Å²) in [5, 5.41) is 0. The van der Waals surface area contributed by atoms with Crippen molar-refractivity contribution in [3.63, 3.8) is 0 Å². The molecule has 0 aliphatic heterocycles. The van der Waals surface area contributed by atoms with Crippen molar-refractivity contribution in [1.82, 2.24) is 0 Å². The summed E-state index contributed by atoms with van der Waals surface area (Å²) in [6.45, 7) is 9.23. The van der Waals surface area contributed by atoms with Crippen LogP contribution in [-0.2, 0) is 0 Å². The first-order valence-electron chi connectivity index (χ1n) is 3.76. The van der Waals surface area contributed by atoms with Crippen LogP contribution in [0.4, 0.5) is 4.39 Å². The fourth-order valence-corrected chi connectivity index (χ4v) is 0.829. The first-order chi connectivity index (χ1) is 5.07. The molecule has 0 heterocycles. The van der Waals surface area contributed by atoms with Crippen LogP contribution in [0.2, 0.25) is 0 Å². The van der Waals surface area contributed by atoms with Crippen molar-refractivity contribution < 1.29 is 4.39 Å². The zero-order valence-electron chi connectivity index (χ0n) is 7.45. The Kier molecular flexibility index (Phi) is 4.51. The topological polar surface area (TPSA) is 0 Å². The third kappa shape index (κ3) is 4.54. The lowest BCUT2D eigenvalue weighted by Gasteiger charge is -1.98. The minimum Gasteiger partial charge on any atom is -0.208 e. The van der Waals surface area contributed by atoms with Gasteiger partial charge in [0.25, 0.3) is 0 Å². The van der Waals surface area contributed by atoms with Gasteiger partial charge in [0.05, 0.1) is 0 Å². The van der Waals surface area contributed by atoms with Crippen LogP contribution in [0.3, 0.4) is 0 Å². The molecule has 0 unspecified atom stereocenters. The molecule has 0 aromatic carbocycles. The van der Waals surface area contributed by atoms with Crippen LogP contribution in [0.25, 0.3) is 0 Å². The lowest BCUT2D eigenvalue weighted by atomic mass is 10.1.